The average molecular weight is 121 g/mol. The molecule has 2 unspecified atom stereocenters. The van der Waals surface area contributed by atoms with Crippen LogP contribution in [0.4, 0.5) is 0 Å². The summed E-state index contributed by atoms with van der Waals surface area (Å²) in [6.07, 6.45) is 5.23. The predicted octanol–water partition coefficient (Wildman–Crippen LogP) is 1.95. The number of hydrogen-bond acceptors (Lipinski definition) is 1. The van der Waals surface area contributed by atoms with Crippen molar-refractivity contribution < 1.29 is 0 Å². The van der Waals surface area contributed by atoms with Gasteiger partial charge in [0.1, 0.15) is 0 Å². The summed E-state index contributed by atoms with van der Waals surface area (Å²) >= 11 is 0. The van der Waals surface area contributed by atoms with E-state index in [4.69, 9.17) is 5.26 Å². The second kappa shape index (κ2) is 1.73. The van der Waals surface area contributed by atoms with Gasteiger partial charge in [-0.15, -0.1) is 0 Å². The highest BCUT2D eigenvalue weighted by molar-refractivity contribution is 4.98. The highest BCUT2D eigenvalue weighted by Gasteiger charge is 2.39. The number of nitriles is 1. The maximum Gasteiger partial charge on any atom is 0.0655 e. The molecule has 2 aliphatic carbocycles. The van der Waals surface area contributed by atoms with Crippen LogP contribution >= 0.6 is 0 Å². The van der Waals surface area contributed by atoms with Gasteiger partial charge in [0.15, 0.2) is 0 Å². The van der Waals surface area contributed by atoms with E-state index in [1.165, 1.54) is 25.7 Å². The lowest BCUT2D eigenvalue weighted by molar-refractivity contribution is 0.219. The topological polar surface area (TPSA) is 23.8 Å². The first-order valence-electron chi connectivity index (χ1n) is 3.80. The summed E-state index contributed by atoms with van der Waals surface area (Å²) in [6.45, 7) is 0. The molecule has 0 aliphatic heterocycles. The third kappa shape index (κ3) is 0.660. The lowest BCUT2D eigenvalue weighted by atomic mass is 9.77. The quantitative estimate of drug-likeness (QED) is 0.480. The summed E-state index contributed by atoms with van der Waals surface area (Å²) in [5.41, 5.74) is 0. The fourth-order valence-corrected chi connectivity index (χ4v) is 2.19. The Morgan fingerprint density at radius 2 is 1.67 bits per heavy atom. The van der Waals surface area contributed by atoms with Crippen molar-refractivity contribution in [2.45, 2.75) is 25.7 Å². The number of hydrogen-bond donors (Lipinski definition) is 0. The molecule has 0 aromatic carbocycles. The molecule has 1 heteroatoms. The van der Waals surface area contributed by atoms with E-state index in [9.17, 15) is 0 Å². The zero-order valence-electron chi connectivity index (χ0n) is 5.51. The van der Waals surface area contributed by atoms with Crippen LogP contribution < -0.4 is 0 Å². The minimum absolute atomic E-state index is 0.419. The predicted molar refractivity (Wildman–Crippen MR) is 34.6 cm³/mol. The van der Waals surface area contributed by atoms with Crippen LogP contribution in [-0.4, -0.2) is 0 Å². The maximum absolute atomic E-state index is 8.58. The van der Waals surface area contributed by atoms with E-state index < -0.39 is 0 Å². The SMILES string of the molecule is N#CC1CC2CC[C@H]2C1. The zero-order chi connectivity index (χ0) is 6.27. The van der Waals surface area contributed by atoms with Gasteiger partial charge in [0.25, 0.3) is 0 Å². The van der Waals surface area contributed by atoms with Crippen LogP contribution in [0, 0.1) is 29.1 Å². The molecule has 1 nitrogen and oxygen atoms in total. The minimum Gasteiger partial charge on any atom is -0.198 e. The van der Waals surface area contributed by atoms with Crippen molar-refractivity contribution in [3.05, 3.63) is 0 Å². The monoisotopic (exact) mass is 121 g/mol. The van der Waals surface area contributed by atoms with Gasteiger partial charge in [0, 0.05) is 5.92 Å². The molecule has 0 spiro atoms. The summed E-state index contributed by atoms with van der Waals surface area (Å²) in [5.74, 6) is 2.33. The smallest absolute Gasteiger partial charge is 0.0655 e. The van der Waals surface area contributed by atoms with Crippen molar-refractivity contribution in [2.24, 2.45) is 17.8 Å². The third-order valence-corrected chi connectivity index (χ3v) is 2.93. The second-order valence-electron chi connectivity index (χ2n) is 3.39. The fourth-order valence-electron chi connectivity index (χ4n) is 2.19. The van der Waals surface area contributed by atoms with Crippen LogP contribution in [0.3, 0.4) is 0 Å². The molecule has 0 heterocycles. The van der Waals surface area contributed by atoms with Gasteiger partial charge in [-0.25, -0.2) is 0 Å². The first kappa shape index (κ1) is 5.29. The van der Waals surface area contributed by atoms with Crippen molar-refractivity contribution in [3.63, 3.8) is 0 Å². The molecule has 0 bridgehead atoms. The van der Waals surface area contributed by atoms with E-state index in [2.05, 4.69) is 6.07 Å². The Morgan fingerprint density at radius 3 is 2.00 bits per heavy atom. The van der Waals surface area contributed by atoms with Crippen LogP contribution in [0.25, 0.3) is 0 Å². The molecule has 9 heavy (non-hydrogen) atoms. The highest BCUT2D eigenvalue weighted by Crippen LogP contribution is 2.49. The molecule has 2 aliphatic rings. The van der Waals surface area contributed by atoms with Crippen molar-refractivity contribution in [3.8, 4) is 6.07 Å². The van der Waals surface area contributed by atoms with Crippen molar-refractivity contribution in [2.75, 3.05) is 0 Å². The first-order valence-corrected chi connectivity index (χ1v) is 3.80. The van der Waals surface area contributed by atoms with Crippen LogP contribution in [0.15, 0.2) is 0 Å². The molecule has 0 N–H and O–H groups in total. The van der Waals surface area contributed by atoms with E-state index in [-0.39, 0.29) is 0 Å². The Bertz CT molecular complexity index is 144. The van der Waals surface area contributed by atoms with Gasteiger partial charge in [-0.3, -0.25) is 0 Å². The van der Waals surface area contributed by atoms with Crippen molar-refractivity contribution in [1.29, 1.82) is 5.26 Å². The summed E-state index contributed by atoms with van der Waals surface area (Å²) in [5, 5.41) is 8.58. The Hall–Kier alpha value is -0.510. The molecule has 0 aromatic rings. The van der Waals surface area contributed by atoms with E-state index in [0.717, 1.165) is 11.8 Å². The summed E-state index contributed by atoms with van der Waals surface area (Å²) in [6, 6.07) is 2.36. The molecule has 0 aromatic heterocycles. The lowest BCUT2D eigenvalue weighted by Crippen LogP contribution is -2.18. The van der Waals surface area contributed by atoms with Gasteiger partial charge in [-0.1, -0.05) is 0 Å². The summed E-state index contributed by atoms with van der Waals surface area (Å²) in [4.78, 5) is 0. The molecular weight excluding hydrogens is 110 g/mol. The molecule has 0 radical (unpaired) electrons. The Kier molecular flexibility index (Phi) is 1.02. The third-order valence-electron chi connectivity index (χ3n) is 2.93. The van der Waals surface area contributed by atoms with Gasteiger partial charge in [-0.2, -0.15) is 5.26 Å². The molecule has 48 valence electrons. The standard InChI is InChI=1S/C8H11N/c9-5-6-3-7-1-2-8(7)4-6/h6-8H,1-4H2/t6?,7-,8?/m0/s1. The van der Waals surface area contributed by atoms with Crippen LogP contribution in [-0.2, 0) is 0 Å². The summed E-state index contributed by atoms with van der Waals surface area (Å²) in [7, 11) is 0. The molecule has 2 rings (SSSR count). The van der Waals surface area contributed by atoms with Crippen LogP contribution in [0.2, 0.25) is 0 Å². The Morgan fingerprint density at radius 1 is 1.11 bits per heavy atom. The van der Waals surface area contributed by atoms with Crippen LogP contribution in [0.1, 0.15) is 25.7 Å². The number of nitrogens with zero attached hydrogens (tertiary/aromatic N) is 1. The number of rotatable bonds is 0. The van der Waals surface area contributed by atoms with Gasteiger partial charge in [0.2, 0.25) is 0 Å². The Labute approximate surface area is 55.7 Å². The van der Waals surface area contributed by atoms with Gasteiger partial charge >= 0.3 is 0 Å². The second-order valence-corrected chi connectivity index (χ2v) is 3.39. The first-order chi connectivity index (χ1) is 4.40. The average Bonchev–Trinajstić information content (AvgIpc) is 2.10. The van der Waals surface area contributed by atoms with E-state index in [1.807, 2.05) is 0 Å². The molecule has 2 saturated carbocycles. The highest BCUT2D eigenvalue weighted by atomic mass is 14.5. The van der Waals surface area contributed by atoms with Gasteiger partial charge in [0.05, 0.1) is 6.07 Å². The molecular formula is C8H11N. The molecule has 0 amide bonds. The largest absolute Gasteiger partial charge is 0.198 e. The van der Waals surface area contributed by atoms with Crippen LogP contribution in [0.5, 0.6) is 0 Å². The number of fused-ring (bicyclic) bond motifs is 1. The molecule has 2 fully saturated rings. The van der Waals surface area contributed by atoms with Crippen molar-refractivity contribution >= 4 is 0 Å². The van der Waals surface area contributed by atoms with E-state index in [0.29, 0.717) is 5.92 Å². The Balaban J connectivity index is 2.01. The van der Waals surface area contributed by atoms with Crippen molar-refractivity contribution in [1.82, 2.24) is 0 Å². The van der Waals surface area contributed by atoms with E-state index in [1.54, 1.807) is 0 Å². The normalized spacial score (nSPS) is 47.2. The zero-order valence-corrected chi connectivity index (χ0v) is 5.51. The van der Waals surface area contributed by atoms with Gasteiger partial charge in [-0.05, 0) is 37.5 Å². The van der Waals surface area contributed by atoms with Gasteiger partial charge < -0.3 is 0 Å². The summed E-state index contributed by atoms with van der Waals surface area (Å²) < 4.78 is 0. The fraction of sp³-hybridized carbons (Fsp3) is 0.875. The maximum atomic E-state index is 8.58. The van der Waals surface area contributed by atoms with E-state index >= 15 is 0 Å². The molecule has 0 saturated heterocycles. The molecule has 3 atom stereocenters. The lowest BCUT2D eigenvalue weighted by Gasteiger charge is -2.29. The minimum atomic E-state index is 0.419.